The summed E-state index contributed by atoms with van der Waals surface area (Å²) in [7, 11) is 0. The van der Waals surface area contributed by atoms with Crippen molar-refractivity contribution in [1.29, 1.82) is 0 Å². The maximum Gasteiger partial charge on any atom is 0.148 e. The summed E-state index contributed by atoms with van der Waals surface area (Å²) in [5.74, 6) is 0.897. The van der Waals surface area contributed by atoms with Gasteiger partial charge in [-0.25, -0.2) is 0 Å². The van der Waals surface area contributed by atoms with E-state index in [1.807, 2.05) is 6.07 Å². The van der Waals surface area contributed by atoms with E-state index in [4.69, 9.17) is 0 Å². The van der Waals surface area contributed by atoms with E-state index in [1.54, 1.807) is 0 Å². The Morgan fingerprint density at radius 1 is 1.12 bits per heavy atom. The van der Waals surface area contributed by atoms with Crippen molar-refractivity contribution in [2.24, 2.45) is 0 Å². The van der Waals surface area contributed by atoms with Crippen LogP contribution in [0.3, 0.4) is 0 Å². The number of rotatable bonds is 3. The molecule has 0 aliphatic heterocycles. The van der Waals surface area contributed by atoms with Crippen molar-refractivity contribution >= 4 is 5.82 Å². The molecule has 1 aromatic carbocycles. The first-order valence-corrected chi connectivity index (χ1v) is 5.96. The molecule has 0 unspecified atom stereocenters. The molecule has 0 radical (unpaired) electrons. The predicted molar refractivity (Wildman–Crippen MR) is 72.3 cm³/mol. The van der Waals surface area contributed by atoms with Crippen LogP contribution < -0.4 is 5.32 Å². The summed E-state index contributed by atoms with van der Waals surface area (Å²) in [5, 5.41) is 10.6. The van der Waals surface area contributed by atoms with E-state index in [2.05, 4.69) is 61.4 Å². The van der Waals surface area contributed by atoms with E-state index >= 15 is 0 Å². The summed E-state index contributed by atoms with van der Waals surface area (Å²) in [6, 6.07) is 8.88. The molecule has 17 heavy (non-hydrogen) atoms. The van der Waals surface area contributed by atoms with Crippen molar-refractivity contribution in [3.05, 3.63) is 35.4 Å². The normalized spacial score (nSPS) is 10.9. The SMILES string of the molecule is Cc1ccc(-c2cc(NC(C)C)n[nH]2)cc1C. The van der Waals surface area contributed by atoms with Crippen molar-refractivity contribution < 1.29 is 0 Å². The van der Waals surface area contributed by atoms with Gasteiger partial charge in [0.2, 0.25) is 0 Å². The maximum absolute atomic E-state index is 4.25. The number of aromatic amines is 1. The molecule has 2 rings (SSSR count). The lowest BCUT2D eigenvalue weighted by atomic mass is 10.0. The van der Waals surface area contributed by atoms with Crippen LogP contribution in [0.25, 0.3) is 11.3 Å². The molecule has 3 nitrogen and oxygen atoms in total. The zero-order valence-electron chi connectivity index (χ0n) is 10.8. The first-order chi connectivity index (χ1) is 8.06. The Morgan fingerprint density at radius 3 is 2.53 bits per heavy atom. The number of benzene rings is 1. The van der Waals surface area contributed by atoms with Crippen molar-refractivity contribution in [3.63, 3.8) is 0 Å². The minimum atomic E-state index is 0.394. The van der Waals surface area contributed by atoms with Gasteiger partial charge in [-0.3, -0.25) is 5.10 Å². The average Bonchev–Trinajstić information content (AvgIpc) is 2.69. The maximum atomic E-state index is 4.25. The molecule has 2 N–H and O–H groups in total. The second kappa shape index (κ2) is 4.62. The van der Waals surface area contributed by atoms with Gasteiger partial charge in [-0.15, -0.1) is 0 Å². The van der Waals surface area contributed by atoms with Crippen LogP contribution in [0.1, 0.15) is 25.0 Å². The molecule has 3 heteroatoms. The van der Waals surface area contributed by atoms with Gasteiger partial charge in [0, 0.05) is 12.1 Å². The van der Waals surface area contributed by atoms with E-state index in [1.165, 1.54) is 16.7 Å². The first kappa shape index (κ1) is 11.7. The largest absolute Gasteiger partial charge is 0.366 e. The summed E-state index contributed by atoms with van der Waals surface area (Å²) >= 11 is 0. The molecule has 0 bridgehead atoms. The summed E-state index contributed by atoms with van der Waals surface area (Å²) in [5.41, 5.74) is 4.85. The number of anilines is 1. The minimum Gasteiger partial charge on any atom is -0.366 e. The molecule has 2 aromatic rings. The zero-order chi connectivity index (χ0) is 12.4. The van der Waals surface area contributed by atoms with Crippen LogP contribution in [-0.2, 0) is 0 Å². The van der Waals surface area contributed by atoms with Crippen LogP contribution in [-0.4, -0.2) is 16.2 Å². The molecule has 1 aromatic heterocycles. The third-order valence-corrected chi connectivity index (χ3v) is 2.83. The van der Waals surface area contributed by atoms with Crippen LogP contribution in [0.2, 0.25) is 0 Å². The van der Waals surface area contributed by atoms with Crippen LogP contribution in [0.15, 0.2) is 24.3 Å². The third kappa shape index (κ3) is 2.67. The Hall–Kier alpha value is -1.77. The molecule has 0 atom stereocenters. The average molecular weight is 229 g/mol. The summed E-state index contributed by atoms with van der Waals surface area (Å²) in [4.78, 5) is 0. The summed E-state index contributed by atoms with van der Waals surface area (Å²) < 4.78 is 0. The van der Waals surface area contributed by atoms with Crippen LogP contribution in [0.5, 0.6) is 0 Å². The van der Waals surface area contributed by atoms with Crippen molar-refractivity contribution in [1.82, 2.24) is 10.2 Å². The molecule has 0 fully saturated rings. The van der Waals surface area contributed by atoms with Crippen LogP contribution in [0.4, 0.5) is 5.82 Å². The topological polar surface area (TPSA) is 40.7 Å². The van der Waals surface area contributed by atoms with E-state index in [-0.39, 0.29) is 0 Å². The zero-order valence-corrected chi connectivity index (χ0v) is 10.8. The van der Waals surface area contributed by atoms with E-state index in [0.29, 0.717) is 6.04 Å². The summed E-state index contributed by atoms with van der Waals surface area (Å²) in [6.07, 6.45) is 0. The van der Waals surface area contributed by atoms with Gasteiger partial charge in [0.15, 0.2) is 0 Å². The highest BCUT2D eigenvalue weighted by atomic mass is 15.2. The monoisotopic (exact) mass is 229 g/mol. The van der Waals surface area contributed by atoms with Crippen molar-refractivity contribution in [2.75, 3.05) is 5.32 Å². The Kier molecular flexibility index (Phi) is 3.18. The van der Waals surface area contributed by atoms with Crippen LogP contribution in [0, 0.1) is 13.8 Å². The number of hydrogen-bond acceptors (Lipinski definition) is 2. The number of hydrogen-bond donors (Lipinski definition) is 2. The van der Waals surface area contributed by atoms with Crippen molar-refractivity contribution in [2.45, 2.75) is 33.7 Å². The van der Waals surface area contributed by atoms with Gasteiger partial charge in [0.05, 0.1) is 5.69 Å². The number of aryl methyl sites for hydroxylation is 2. The highest BCUT2D eigenvalue weighted by Gasteiger charge is 2.05. The van der Waals surface area contributed by atoms with Crippen molar-refractivity contribution in [3.8, 4) is 11.3 Å². The summed E-state index contributed by atoms with van der Waals surface area (Å²) in [6.45, 7) is 8.45. The predicted octanol–water partition coefficient (Wildman–Crippen LogP) is 3.51. The number of aromatic nitrogens is 2. The fraction of sp³-hybridized carbons (Fsp3) is 0.357. The Morgan fingerprint density at radius 2 is 1.88 bits per heavy atom. The quantitative estimate of drug-likeness (QED) is 0.845. The molecule has 1 heterocycles. The van der Waals surface area contributed by atoms with Gasteiger partial charge in [0.1, 0.15) is 5.82 Å². The smallest absolute Gasteiger partial charge is 0.148 e. The molecule has 90 valence electrons. The standard InChI is InChI=1S/C14H19N3/c1-9(2)15-14-8-13(16-17-14)12-6-5-10(3)11(4)7-12/h5-9H,1-4H3,(H2,15,16,17). The fourth-order valence-electron chi connectivity index (χ4n) is 1.75. The minimum absolute atomic E-state index is 0.394. The molecule has 0 aliphatic rings. The molecule has 0 saturated carbocycles. The fourth-order valence-corrected chi connectivity index (χ4v) is 1.75. The van der Waals surface area contributed by atoms with Gasteiger partial charge >= 0.3 is 0 Å². The highest BCUT2D eigenvalue weighted by molar-refractivity contribution is 5.64. The Balaban J connectivity index is 2.27. The van der Waals surface area contributed by atoms with Crippen LogP contribution >= 0.6 is 0 Å². The first-order valence-electron chi connectivity index (χ1n) is 5.96. The lowest BCUT2D eigenvalue weighted by Crippen LogP contribution is -2.09. The van der Waals surface area contributed by atoms with Gasteiger partial charge in [-0.1, -0.05) is 12.1 Å². The van der Waals surface area contributed by atoms with E-state index < -0.39 is 0 Å². The number of nitrogens with zero attached hydrogens (tertiary/aromatic N) is 1. The van der Waals surface area contributed by atoms with E-state index in [9.17, 15) is 0 Å². The molecule has 0 saturated heterocycles. The Labute approximate surface area is 102 Å². The Bertz CT molecular complexity index is 512. The van der Waals surface area contributed by atoms with Gasteiger partial charge in [-0.05, 0) is 50.5 Å². The molecule has 0 aliphatic carbocycles. The number of H-pyrrole nitrogens is 1. The van der Waals surface area contributed by atoms with Gasteiger partial charge < -0.3 is 5.32 Å². The molecule has 0 amide bonds. The van der Waals surface area contributed by atoms with E-state index in [0.717, 1.165) is 11.5 Å². The third-order valence-electron chi connectivity index (χ3n) is 2.83. The second-order valence-corrected chi connectivity index (χ2v) is 4.76. The van der Waals surface area contributed by atoms with Gasteiger partial charge in [-0.2, -0.15) is 5.10 Å². The molecule has 0 spiro atoms. The molecular formula is C14H19N3. The molecular weight excluding hydrogens is 210 g/mol. The second-order valence-electron chi connectivity index (χ2n) is 4.76. The van der Waals surface area contributed by atoms with Gasteiger partial charge in [0.25, 0.3) is 0 Å². The lowest BCUT2D eigenvalue weighted by Gasteiger charge is -2.04. The number of nitrogens with one attached hydrogen (secondary N) is 2. The highest BCUT2D eigenvalue weighted by Crippen LogP contribution is 2.22. The lowest BCUT2D eigenvalue weighted by molar-refractivity contribution is 0.884.